The number of fused-ring (bicyclic) bond motifs is 1. The lowest BCUT2D eigenvalue weighted by Gasteiger charge is -2.28. The van der Waals surface area contributed by atoms with Crippen molar-refractivity contribution >= 4 is 17.6 Å². The second kappa shape index (κ2) is 6.46. The van der Waals surface area contributed by atoms with Gasteiger partial charge in [-0.1, -0.05) is 6.07 Å². The number of nitrogens with one attached hydrogen (secondary N) is 1. The van der Waals surface area contributed by atoms with Crippen LogP contribution in [0.2, 0.25) is 0 Å². The minimum Gasteiger partial charge on any atom is -0.465 e. The molecule has 3 rings (SSSR count). The third-order valence-corrected chi connectivity index (χ3v) is 4.27. The summed E-state index contributed by atoms with van der Waals surface area (Å²) in [6.07, 6.45) is 0.837. The van der Waals surface area contributed by atoms with Gasteiger partial charge in [0.15, 0.2) is 0 Å². The van der Waals surface area contributed by atoms with Crippen molar-refractivity contribution in [2.24, 2.45) is 0 Å². The SMILES string of the molecule is COC(=O)c1ccc2c(c1)N(C(=O)CN1CCNCC1)CC2. The molecule has 1 amide bonds. The Kier molecular flexibility index (Phi) is 4.40. The molecule has 1 N–H and O–H groups in total. The van der Waals surface area contributed by atoms with E-state index in [-0.39, 0.29) is 11.9 Å². The number of anilines is 1. The van der Waals surface area contributed by atoms with Crippen molar-refractivity contribution < 1.29 is 14.3 Å². The maximum Gasteiger partial charge on any atom is 0.337 e. The van der Waals surface area contributed by atoms with Crippen molar-refractivity contribution in [2.75, 3.05) is 51.3 Å². The van der Waals surface area contributed by atoms with Crippen LogP contribution in [0.1, 0.15) is 15.9 Å². The molecule has 6 heteroatoms. The van der Waals surface area contributed by atoms with Crippen LogP contribution in [0.25, 0.3) is 0 Å². The lowest BCUT2D eigenvalue weighted by molar-refractivity contribution is -0.119. The molecule has 0 atom stereocenters. The number of carbonyl (C=O) groups excluding carboxylic acids is 2. The molecule has 0 bridgehead atoms. The molecule has 0 aromatic heterocycles. The zero-order valence-electron chi connectivity index (χ0n) is 12.8. The third-order valence-electron chi connectivity index (χ3n) is 4.27. The molecule has 6 nitrogen and oxygen atoms in total. The Morgan fingerprint density at radius 3 is 2.73 bits per heavy atom. The first-order chi connectivity index (χ1) is 10.7. The number of methoxy groups -OCH3 is 1. The lowest BCUT2D eigenvalue weighted by Crippen LogP contribution is -2.48. The van der Waals surface area contributed by atoms with E-state index in [0.717, 1.165) is 43.9 Å². The molecule has 2 aliphatic rings. The van der Waals surface area contributed by atoms with Crippen LogP contribution >= 0.6 is 0 Å². The van der Waals surface area contributed by atoms with E-state index in [0.29, 0.717) is 18.7 Å². The van der Waals surface area contributed by atoms with Crippen LogP contribution in [-0.2, 0) is 16.0 Å². The van der Waals surface area contributed by atoms with Gasteiger partial charge >= 0.3 is 5.97 Å². The van der Waals surface area contributed by atoms with E-state index in [9.17, 15) is 9.59 Å². The number of hydrogen-bond acceptors (Lipinski definition) is 5. The first-order valence-electron chi connectivity index (χ1n) is 7.63. The Morgan fingerprint density at radius 1 is 1.23 bits per heavy atom. The van der Waals surface area contributed by atoms with Gasteiger partial charge in [-0.15, -0.1) is 0 Å². The Hall–Kier alpha value is -1.92. The van der Waals surface area contributed by atoms with Gasteiger partial charge in [-0.25, -0.2) is 4.79 Å². The molecule has 2 heterocycles. The fourth-order valence-corrected chi connectivity index (χ4v) is 3.03. The Labute approximate surface area is 130 Å². The first kappa shape index (κ1) is 15.0. The maximum atomic E-state index is 12.6. The summed E-state index contributed by atoms with van der Waals surface area (Å²) in [6.45, 7) is 4.77. The molecule has 0 saturated carbocycles. The second-order valence-electron chi connectivity index (χ2n) is 5.66. The normalized spacial score (nSPS) is 18.1. The van der Waals surface area contributed by atoms with E-state index in [1.54, 1.807) is 17.0 Å². The summed E-state index contributed by atoms with van der Waals surface area (Å²) in [5.74, 6) is -0.271. The van der Waals surface area contributed by atoms with Crippen molar-refractivity contribution in [1.29, 1.82) is 0 Å². The van der Waals surface area contributed by atoms with E-state index < -0.39 is 0 Å². The van der Waals surface area contributed by atoms with Gasteiger partial charge in [0.25, 0.3) is 0 Å². The van der Waals surface area contributed by atoms with Crippen molar-refractivity contribution in [1.82, 2.24) is 10.2 Å². The summed E-state index contributed by atoms with van der Waals surface area (Å²) in [5.41, 5.74) is 2.45. The zero-order valence-corrected chi connectivity index (χ0v) is 12.8. The molecule has 1 aromatic carbocycles. The van der Waals surface area contributed by atoms with Gasteiger partial charge in [-0.05, 0) is 24.1 Å². The number of nitrogens with zero attached hydrogens (tertiary/aromatic N) is 2. The number of ether oxygens (including phenoxy) is 1. The van der Waals surface area contributed by atoms with Crippen LogP contribution in [0, 0.1) is 0 Å². The Bertz CT molecular complexity index is 582. The topological polar surface area (TPSA) is 61.9 Å². The fraction of sp³-hybridized carbons (Fsp3) is 0.500. The highest BCUT2D eigenvalue weighted by Crippen LogP contribution is 2.29. The summed E-state index contributed by atoms with van der Waals surface area (Å²) < 4.78 is 4.76. The Morgan fingerprint density at radius 2 is 2.00 bits per heavy atom. The minimum absolute atomic E-state index is 0.0997. The van der Waals surface area contributed by atoms with Gasteiger partial charge in [0, 0.05) is 38.4 Å². The van der Waals surface area contributed by atoms with E-state index in [2.05, 4.69) is 10.2 Å². The third kappa shape index (κ3) is 2.98. The summed E-state index contributed by atoms with van der Waals surface area (Å²) in [7, 11) is 1.36. The van der Waals surface area contributed by atoms with Crippen LogP contribution in [0.5, 0.6) is 0 Å². The fourth-order valence-electron chi connectivity index (χ4n) is 3.03. The molecule has 0 spiro atoms. The van der Waals surface area contributed by atoms with Gasteiger partial charge in [-0.2, -0.15) is 0 Å². The molecule has 118 valence electrons. The van der Waals surface area contributed by atoms with Crippen LogP contribution in [0.3, 0.4) is 0 Å². The standard InChI is InChI=1S/C16H21N3O3/c1-22-16(21)13-3-2-12-4-7-19(14(12)10-13)15(20)11-18-8-5-17-6-9-18/h2-3,10,17H,4-9,11H2,1H3. The molecular weight excluding hydrogens is 282 g/mol. The predicted molar refractivity (Wildman–Crippen MR) is 83.1 cm³/mol. The quantitative estimate of drug-likeness (QED) is 0.812. The summed E-state index contributed by atoms with van der Waals surface area (Å²) >= 11 is 0. The highest BCUT2D eigenvalue weighted by molar-refractivity contribution is 5.99. The minimum atomic E-state index is -0.371. The number of benzene rings is 1. The van der Waals surface area contributed by atoms with Crippen molar-refractivity contribution in [3.8, 4) is 0 Å². The average Bonchev–Trinajstić information content (AvgIpc) is 2.98. The first-order valence-corrected chi connectivity index (χ1v) is 7.63. The number of rotatable bonds is 3. The van der Waals surface area contributed by atoms with Gasteiger partial charge in [-0.3, -0.25) is 9.69 Å². The average molecular weight is 303 g/mol. The molecule has 2 aliphatic heterocycles. The number of esters is 1. The molecule has 0 radical (unpaired) electrons. The summed E-state index contributed by atoms with van der Waals surface area (Å²) in [4.78, 5) is 28.2. The summed E-state index contributed by atoms with van der Waals surface area (Å²) in [6, 6.07) is 5.44. The monoisotopic (exact) mass is 303 g/mol. The molecule has 1 fully saturated rings. The highest BCUT2D eigenvalue weighted by Gasteiger charge is 2.27. The van der Waals surface area contributed by atoms with Gasteiger partial charge in [0.05, 0.1) is 19.2 Å². The van der Waals surface area contributed by atoms with Crippen molar-refractivity contribution in [2.45, 2.75) is 6.42 Å². The van der Waals surface area contributed by atoms with Gasteiger partial charge < -0.3 is 15.0 Å². The number of piperazine rings is 1. The Balaban J connectivity index is 1.74. The predicted octanol–water partition coefficient (Wildman–Crippen LogP) is 0.268. The van der Waals surface area contributed by atoms with Gasteiger partial charge in [0.2, 0.25) is 5.91 Å². The number of hydrogen-bond donors (Lipinski definition) is 1. The van der Waals surface area contributed by atoms with Crippen LogP contribution in [0.15, 0.2) is 18.2 Å². The van der Waals surface area contributed by atoms with E-state index in [1.165, 1.54) is 7.11 Å². The molecule has 1 saturated heterocycles. The van der Waals surface area contributed by atoms with E-state index in [1.807, 2.05) is 6.07 Å². The number of carbonyl (C=O) groups is 2. The van der Waals surface area contributed by atoms with Crippen molar-refractivity contribution in [3.05, 3.63) is 29.3 Å². The maximum absolute atomic E-state index is 12.6. The molecule has 1 aromatic rings. The lowest BCUT2D eigenvalue weighted by atomic mass is 10.1. The largest absolute Gasteiger partial charge is 0.465 e. The summed E-state index contributed by atoms with van der Waals surface area (Å²) in [5, 5.41) is 3.28. The molecular formula is C16H21N3O3. The molecule has 22 heavy (non-hydrogen) atoms. The molecule has 0 aliphatic carbocycles. The van der Waals surface area contributed by atoms with Crippen LogP contribution in [0.4, 0.5) is 5.69 Å². The highest BCUT2D eigenvalue weighted by atomic mass is 16.5. The van der Waals surface area contributed by atoms with Crippen LogP contribution in [-0.4, -0.2) is 63.2 Å². The van der Waals surface area contributed by atoms with Crippen molar-refractivity contribution in [3.63, 3.8) is 0 Å². The van der Waals surface area contributed by atoms with Gasteiger partial charge in [0.1, 0.15) is 0 Å². The zero-order chi connectivity index (χ0) is 15.5. The smallest absolute Gasteiger partial charge is 0.337 e. The van der Waals surface area contributed by atoms with Crippen LogP contribution < -0.4 is 10.2 Å². The molecule has 0 unspecified atom stereocenters. The van der Waals surface area contributed by atoms with E-state index >= 15 is 0 Å². The van der Waals surface area contributed by atoms with E-state index in [4.69, 9.17) is 4.74 Å². The number of amides is 1. The second-order valence-corrected chi connectivity index (χ2v) is 5.66.